The predicted octanol–water partition coefficient (Wildman–Crippen LogP) is 2.23. The van der Waals surface area contributed by atoms with Crippen molar-refractivity contribution in [2.45, 2.75) is 51.0 Å². The molecule has 0 radical (unpaired) electrons. The highest BCUT2D eigenvalue weighted by atomic mass is 16.5. The monoisotopic (exact) mass is 290 g/mol. The number of hydrogen-bond donors (Lipinski definition) is 2. The van der Waals surface area contributed by atoms with Gasteiger partial charge in [0, 0.05) is 30.8 Å². The van der Waals surface area contributed by atoms with E-state index in [1.54, 1.807) is 0 Å². The molecule has 2 saturated heterocycles. The second kappa shape index (κ2) is 6.28. The molecule has 2 aliphatic rings. The number of nitrogens with one attached hydrogen (secondary N) is 2. The Hall–Kier alpha value is -1.20. The summed E-state index contributed by atoms with van der Waals surface area (Å²) in [4.78, 5) is 9.39. The van der Waals surface area contributed by atoms with E-state index >= 15 is 0 Å². The largest absolute Gasteiger partial charge is 0.373 e. The molecule has 116 valence electrons. The zero-order valence-electron chi connectivity index (χ0n) is 13.1. The third-order valence-electron chi connectivity index (χ3n) is 4.52. The lowest BCUT2D eigenvalue weighted by Crippen LogP contribution is -2.33. The first-order valence-electron chi connectivity index (χ1n) is 8.09. The molecule has 1 aromatic heterocycles. The Labute approximate surface area is 126 Å². The van der Waals surface area contributed by atoms with E-state index in [4.69, 9.17) is 9.72 Å². The van der Waals surface area contributed by atoms with Gasteiger partial charge in [0.15, 0.2) is 0 Å². The van der Waals surface area contributed by atoms with Gasteiger partial charge in [0.1, 0.15) is 11.6 Å². The first-order chi connectivity index (χ1) is 10.1. The van der Waals surface area contributed by atoms with Crippen LogP contribution in [-0.2, 0) is 4.74 Å². The van der Waals surface area contributed by atoms with Gasteiger partial charge in [0.05, 0.1) is 5.60 Å². The topological polar surface area (TPSA) is 59.1 Å². The van der Waals surface area contributed by atoms with E-state index < -0.39 is 0 Å². The molecular weight excluding hydrogens is 264 g/mol. The fourth-order valence-electron chi connectivity index (χ4n) is 3.20. The van der Waals surface area contributed by atoms with Crippen LogP contribution in [0.3, 0.4) is 0 Å². The highest BCUT2D eigenvalue weighted by Crippen LogP contribution is 2.26. The predicted molar refractivity (Wildman–Crippen MR) is 83.7 cm³/mol. The van der Waals surface area contributed by atoms with E-state index in [1.807, 2.05) is 13.0 Å². The second-order valence-corrected chi connectivity index (χ2v) is 6.53. The van der Waals surface area contributed by atoms with Gasteiger partial charge in [-0.1, -0.05) is 0 Å². The molecule has 3 heterocycles. The highest BCUT2D eigenvalue weighted by Gasteiger charge is 2.29. The summed E-state index contributed by atoms with van der Waals surface area (Å²) >= 11 is 0. The molecule has 21 heavy (non-hydrogen) atoms. The maximum atomic E-state index is 5.82. The Morgan fingerprint density at radius 1 is 1.38 bits per heavy atom. The molecule has 1 atom stereocenters. The number of piperidine rings is 1. The smallest absolute Gasteiger partial charge is 0.134 e. The van der Waals surface area contributed by atoms with Crippen molar-refractivity contribution >= 4 is 5.82 Å². The number of aryl methyl sites for hydroxylation is 1. The Kier molecular flexibility index (Phi) is 4.40. The van der Waals surface area contributed by atoms with E-state index in [1.165, 1.54) is 0 Å². The van der Waals surface area contributed by atoms with Crippen LogP contribution in [0.15, 0.2) is 6.07 Å². The number of anilines is 1. The second-order valence-electron chi connectivity index (χ2n) is 6.53. The average Bonchev–Trinajstić information content (AvgIpc) is 2.93. The molecule has 0 aliphatic carbocycles. The fourth-order valence-corrected chi connectivity index (χ4v) is 3.20. The third-order valence-corrected chi connectivity index (χ3v) is 4.52. The number of aromatic nitrogens is 2. The van der Waals surface area contributed by atoms with Crippen LogP contribution in [0.25, 0.3) is 0 Å². The summed E-state index contributed by atoms with van der Waals surface area (Å²) in [6.45, 7) is 8.05. The molecule has 1 aromatic rings. The Morgan fingerprint density at radius 3 is 2.90 bits per heavy atom. The molecule has 0 saturated carbocycles. The molecule has 0 bridgehead atoms. The van der Waals surface area contributed by atoms with Crippen molar-refractivity contribution < 1.29 is 4.74 Å². The molecule has 3 rings (SSSR count). The van der Waals surface area contributed by atoms with Crippen molar-refractivity contribution in [1.29, 1.82) is 0 Å². The lowest BCUT2D eigenvalue weighted by atomic mass is 9.97. The minimum Gasteiger partial charge on any atom is -0.373 e. The van der Waals surface area contributed by atoms with Crippen LogP contribution in [0.2, 0.25) is 0 Å². The lowest BCUT2D eigenvalue weighted by Gasteiger charge is -2.25. The van der Waals surface area contributed by atoms with E-state index in [9.17, 15) is 0 Å². The van der Waals surface area contributed by atoms with Crippen LogP contribution in [-0.4, -0.2) is 41.8 Å². The van der Waals surface area contributed by atoms with Gasteiger partial charge in [-0.2, -0.15) is 0 Å². The molecule has 5 heteroatoms. The van der Waals surface area contributed by atoms with Crippen molar-refractivity contribution in [2.75, 3.05) is 31.6 Å². The molecule has 0 aromatic carbocycles. The van der Waals surface area contributed by atoms with Gasteiger partial charge < -0.3 is 15.4 Å². The summed E-state index contributed by atoms with van der Waals surface area (Å²) in [6.07, 6.45) is 4.53. The normalized spacial score (nSPS) is 27.0. The molecule has 0 amide bonds. The summed E-state index contributed by atoms with van der Waals surface area (Å²) < 4.78 is 5.82. The van der Waals surface area contributed by atoms with Gasteiger partial charge in [-0.15, -0.1) is 0 Å². The van der Waals surface area contributed by atoms with E-state index in [0.29, 0.717) is 5.92 Å². The van der Waals surface area contributed by atoms with Gasteiger partial charge in [-0.05, 0) is 52.6 Å². The highest BCUT2D eigenvalue weighted by molar-refractivity contribution is 5.37. The SMILES string of the molecule is Cc1cc(NCC2(C)CCCO2)nc(C2CCNCC2)n1. The van der Waals surface area contributed by atoms with Crippen LogP contribution in [0, 0.1) is 6.92 Å². The molecule has 2 fully saturated rings. The lowest BCUT2D eigenvalue weighted by molar-refractivity contribution is 0.0314. The molecule has 2 aliphatic heterocycles. The zero-order chi connectivity index (χ0) is 14.7. The van der Waals surface area contributed by atoms with Gasteiger partial charge >= 0.3 is 0 Å². The summed E-state index contributed by atoms with van der Waals surface area (Å²) in [5, 5.41) is 6.85. The van der Waals surface area contributed by atoms with Gasteiger partial charge in [0.25, 0.3) is 0 Å². The molecule has 0 spiro atoms. The van der Waals surface area contributed by atoms with E-state index in [0.717, 1.165) is 69.3 Å². The summed E-state index contributed by atoms with van der Waals surface area (Å²) in [5.74, 6) is 2.43. The van der Waals surface area contributed by atoms with Crippen LogP contribution >= 0.6 is 0 Å². The minimum absolute atomic E-state index is 0.0478. The molecule has 1 unspecified atom stereocenters. The number of nitrogens with zero attached hydrogens (tertiary/aromatic N) is 2. The van der Waals surface area contributed by atoms with E-state index in [2.05, 4.69) is 22.5 Å². The Balaban J connectivity index is 1.68. The first kappa shape index (κ1) is 14.7. The van der Waals surface area contributed by atoms with Crippen LogP contribution < -0.4 is 10.6 Å². The van der Waals surface area contributed by atoms with Crippen molar-refractivity contribution in [2.24, 2.45) is 0 Å². The standard InChI is InChI=1S/C16H26N4O/c1-12-10-14(18-11-16(2)6-3-9-21-16)20-15(19-12)13-4-7-17-8-5-13/h10,13,17H,3-9,11H2,1-2H3,(H,18,19,20). The van der Waals surface area contributed by atoms with E-state index in [-0.39, 0.29) is 5.60 Å². The fraction of sp³-hybridized carbons (Fsp3) is 0.750. The first-order valence-corrected chi connectivity index (χ1v) is 8.09. The van der Waals surface area contributed by atoms with Gasteiger partial charge in [0.2, 0.25) is 0 Å². The molecule has 2 N–H and O–H groups in total. The maximum Gasteiger partial charge on any atom is 0.134 e. The zero-order valence-corrected chi connectivity index (χ0v) is 13.1. The van der Waals surface area contributed by atoms with Gasteiger partial charge in [-0.3, -0.25) is 0 Å². The van der Waals surface area contributed by atoms with Gasteiger partial charge in [-0.25, -0.2) is 9.97 Å². The maximum absolute atomic E-state index is 5.82. The summed E-state index contributed by atoms with van der Waals surface area (Å²) in [6, 6.07) is 2.03. The average molecular weight is 290 g/mol. The number of rotatable bonds is 4. The van der Waals surface area contributed by atoms with Crippen molar-refractivity contribution in [3.63, 3.8) is 0 Å². The number of ether oxygens (including phenoxy) is 1. The van der Waals surface area contributed by atoms with Crippen LogP contribution in [0.4, 0.5) is 5.82 Å². The Morgan fingerprint density at radius 2 is 2.19 bits per heavy atom. The van der Waals surface area contributed by atoms with Crippen molar-refractivity contribution in [3.8, 4) is 0 Å². The minimum atomic E-state index is -0.0478. The van der Waals surface area contributed by atoms with Crippen molar-refractivity contribution in [1.82, 2.24) is 15.3 Å². The summed E-state index contributed by atoms with van der Waals surface area (Å²) in [5.41, 5.74) is 0.992. The quantitative estimate of drug-likeness (QED) is 0.890. The Bertz CT molecular complexity index is 479. The number of hydrogen-bond acceptors (Lipinski definition) is 5. The third kappa shape index (κ3) is 3.71. The van der Waals surface area contributed by atoms with Crippen molar-refractivity contribution in [3.05, 3.63) is 17.6 Å². The summed E-state index contributed by atoms with van der Waals surface area (Å²) in [7, 11) is 0. The van der Waals surface area contributed by atoms with Crippen LogP contribution in [0.5, 0.6) is 0 Å². The molecular formula is C16H26N4O. The van der Waals surface area contributed by atoms with Crippen LogP contribution in [0.1, 0.15) is 50.0 Å². The molecule has 5 nitrogen and oxygen atoms in total.